The number of aliphatic hydroxyl groups is 1. The highest BCUT2D eigenvalue weighted by Crippen LogP contribution is 2.30. The van der Waals surface area contributed by atoms with Gasteiger partial charge in [-0.2, -0.15) is 9.97 Å². The Bertz CT molecular complexity index is 850. The molecule has 1 atom stereocenters. The molecule has 0 saturated carbocycles. The molecule has 0 aliphatic rings. The summed E-state index contributed by atoms with van der Waals surface area (Å²) in [6.07, 6.45) is 1.72. The third kappa shape index (κ3) is 3.08. The van der Waals surface area contributed by atoms with E-state index in [0.29, 0.717) is 23.6 Å². The van der Waals surface area contributed by atoms with E-state index in [-0.39, 0.29) is 29.5 Å². The Morgan fingerprint density at radius 2 is 2.29 bits per heavy atom. The van der Waals surface area contributed by atoms with Crippen LogP contribution in [0.4, 0.5) is 10.2 Å². The van der Waals surface area contributed by atoms with Gasteiger partial charge in [0, 0.05) is 19.5 Å². The summed E-state index contributed by atoms with van der Waals surface area (Å²) >= 11 is 5.96. The summed E-state index contributed by atoms with van der Waals surface area (Å²) in [6.45, 7) is 0.0895. The fourth-order valence-electron chi connectivity index (χ4n) is 2.54. The summed E-state index contributed by atoms with van der Waals surface area (Å²) in [4.78, 5) is 8.19. The van der Waals surface area contributed by atoms with Crippen LogP contribution in [-0.2, 0) is 20.0 Å². The predicted molar refractivity (Wildman–Crippen MR) is 88.3 cm³/mol. The molecule has 7 nitrogen and oxygen atoms in total. The minimum absolute atomic E-state index is 0.00283. The van der Waals surface area contributed by atoms with Crippen LogP contribution in [0.5, 0.6) is 0 Å². The first-order valence-corrected chi connectivity index (χ1v) is 7.72. The monoisotopic (exact) mass is 353 g/mol. The van der Waals surface area contributed by atoms with Gasteiger partial charge in [-0.1, -0.05) is 0 Å². The predicted octanol–water partition coefficient (Wildman–Crippen LogP) is 1.83. The maximum atomic E-state index is 14.9. The molecule has 3 aromatic heterocycles. The molecule has 3 aromatic rings. The molecular formula is C15H17ClFN5O2. The number of nitrogens with two attached hydrogens (primary N) is 1. The van der Waals surface area contributed by atoms with E-state index in [1.807, 2.05) is 0 Å². The Kier molecular flexibility index (Phi) is 4.70. The van der Waals surface area contributed by atoms with Crippen LogP contribution < -0.4 is 11.1 Å². The van der Waals surface area contributed by atoms with Crippen LogP contribution >= 0.6 is 11.6 Å². The van der Waals surface area contributed by atoms with Crippen LogP contribution in [0.3, 0.4) is 0 Å². The van der Waals surface area contributed by atoms with E-state index in [1.165, 1.54) is 0 Å². The maximum absolute atomic E-state index is 14.9. The molecule has 1 unspecified atom stereocenters. The average Bonchev–Trinajstić information content (AvgIpc) is 3.16. The lowest BCUT2D eigenvalue weighted by Gasteiger charge is -2.08. The van der Waals surface area contributed by atoms with Gasteiger partial charge in [0.2, 0.25) is 5.28 Å². The van der Waals surface area contributed by atoms with Crippen molar-refractivity contribution in [1.82, 2.24) is 14.5 Å². The van der Waals surface area contributed by atoms with Gasteiger partial charge in [0.15, 0.2) is 5.82 Å². The van der Waals surface area contributed by atoms with E-state index in [0.717, 1.165) is 0 Å². The van der Waals surface area contributed by atoms with Crippen LogP contribution in [-0.4, -0.2) is 32.3 Å². The molecule has 128 valence electrons. The summed E-state index contributed by atoms with van der Waals surface area (Å²) in [6, 6.07) is 2.99. The number of aliphatic hydroxyl groups excluding tert-OH is 1. The Labute approximate surface area is 142 Å². The molecule has 0 bridgehead atoms. The zero-order valence-electron chi connectivity index (χ0n) is 13.0. The van der Waals surface area contributed by atoms with Crippen molar-refractivity contribution < 1.29 is 13.9 Å². The number of nitrogens with zero attached hydrogens (tertiary/aromatic N) is 3. The lowest BCUT2D eigenvalue weighted by molar-refractivity contribution is 0.263. The van der Waals surface area contributed by atoms with Crippen molar-refractivity contribution in [2.45, 2.75) is 19.0 Å². The quantitative estimate of drug-likeness (QED) is 0.584. The van der Waals surface area contributed by atoms with E-state index in [1.54, 1.807) is 30.0 Å². The van der Waals surface area contributed by atoms with Crippen molar-refractivity contribution >= 4 is 28.5 Å². The molecule has 0 aliphatic heterocycles. The second-order valence-electron chi connectivity index (χ2n) is 5.44. The second-order valence-corrected chi connectivity index (χ2v) is 5.78. The number of halogens is 2. The van der Waals surface area contributed by atoms with Crippen LogP contribution in [0, 0.1) is 5.82 Å². The lowest BCUT2D eigenvalue weighted by Crippen LogP contribution is -2.28. The van der Waals surface area contributed by atoms with Crippen molar-refractivity contribution in [3.8, 4) is 0 Å². The Morgan fingerprint density at radius 3 is 2.96 bits per heavy atom. The maximum Gasteiger partial charge on any atom is 0.226 e. The molecular weight excluding hydrogens is 337 g/mol. The summed E-state index contributed by atoms with van der Waals surface area (Å²) in [5.74, 6) is 0.477. The van der Waals surface area contributed by atoms with Crippen LogP contribution in [0.2, 0.25) is 5.28 Å². The van der Waals surface area contributed by atoms with Gasteiger partial charge in [0.1, 0.15) is 17.2 Å². The zero-order chi connectivity index (χ0) is 17.3. The minimum Gasteiger partial charge on any atom is -0.467 e. The SMILES string of the molecule is Cn1c(CC(N)CO)c(F)c2c(NCc3ccco3)nc(Cl)nc21. The molecule has 0 saturated heterocycles. The van der Waals surface area contributed by atoms with E-state index >= 15 is 0 Å². The number of aryl methyl sites for hydroxylation is 1. The molecule has 0 aliphatic carbocycles. The van der Waals surface area contributed by atoms with E-state index < -0.39 is 11.9 Å². The number of fused-ring (bicyclic) bond motifs is 1. The van der Waals surface area contributed by atoms with Crippen molar-refractivity contribution in [1.29, 1.82) is 0 Å². The smallest absolute Gasteiger partial charge is 0.226 e. The molecule has 0 radical (unpaired) electrons. The molecule has 9 heteroatoms. The summed E-state index contributed by atoms with van der Waals surface area (Å²) in [5.41, 5.74) is 6.43. The van der Waals surface area contributed by atoms with Crippen LogP contribution in [0.15, 0.2) is 22.8 Å². The number of hydrogen-bond donors (Lipinski definition) is 3. The summed E-state index contributed by atoms with van der Waals surface area (Å²) < 4.78 is 21.7. The largest absolute Gasteiger partial charge is 0.467 e. The molecule has 3 heterocycles. The van der Waals surface area contributed by atoms with Gasteiger partial charge in [-0.3, -0.25) is 0 Å². The first-order chi connectivity index (χ1) is 11.5. The Balaban J connectivity index is 2.03. The van der Waals surface area contributed by atoms with Gasteiger partial charge >= 0.3 is 0 Å². The number of rotatable bonds is 6. The average molecular weight is 354 g/mol. The molecule has 4 N–H and O–H groups in total. The second kappa shape index (κ2) is 6.76. The molecule has 0 amide bonds. The molecule has 24 heavy (non-hydrogen) atoms. The standard InChI is InChI=1S/C15H17ClFN5O2/c1-22-10(5-8(18)7-23)12(17)11-13(20-15(16)21-14(11)22)19-6-9-3-2-4-24-9/h2-4,8,23H,5-7,18H2,1H3,(H,19,20,21). The first kappa shape index (κ1) is 16.7. The summed E-state index contributed by atoms with van der Waals surface area (Å²) in [7, 11) is 1.67. The summed E-state index contributed by atoms with van der Waals surface area (Å²) in [5, 5.41) is 12.4. The van der Waals surface area contributed by atoms with Gasteiger partial charge in [0.25, 0.3) is 0 Å². The van der Waals surface area contributed by atoms with Gasteiger partial charge in [-0.15, -0.1) is 0 Å². The number of hydrogen-bond acceptors (Lipinski definition) is 6. The number of anilines is 1. The number of nitrogens with one attached hydrogen (secondary N) is 1. The van der Waals surface area contributed by atoms with Crippen molar-refractivity contribution in [3.05, 3.63) is 41.0 Å². The van der Waals surface area contributed by atoms with E-state index in [4.69, 9.17) is 26.9 Å². The number of furan rings is 1. The topological polar surface area (TPSA) is 102 Å². The Morgan fingerprint density at radius 1 is 1.50 bits per heavy atom. The third-order valence-electron chi connectivity index (χ3n) is 3.76. The number of aromatic nitrogens is 3. The van der Waals surface area contributed by atoms with Crippen molar-refractivity contribution in [3.63, 3.8) is 0 Å². The fraction of sp³-hybridized carbons (Fsp3) is 0.333. The van der Waals surface area contributed by atoms with Crippen molar-refractivity contribution in [2.75, 3.05) is 11.9 Å². The van der Waals surface area contributed by atoms with Gasteiger partial charge in [-0.05, 0) is 23.7 Å². The highest BCUT2D eigenvalue weighted by atomic mass is 35.5. The zero-order valence-corrected chi connectivity index (χ0v) is 13.7. The highest BCUT2D eigenvalue weighted by Gasteiger charge is 2.22. The van der Waals surface area contributed by atoms with E-state index in [2.05, 4.69) is 15.3 Å². The van der Waals surface area contributed by atoms with Gasteiger partial charge in [0.05, 0.1) is 30.5 Å². The van der Waals surface area contributed by atoms with Gasteiger partial charge < -0.3 is 25.1 Å². The van der Waals surface area contributed by atoms with Crippen molar-refractivity contribution in [2.24, 2.45) is 12.8 Å². The molecule has 3 rings (SSSR count). The fourth-order valence-corrected chi connectivity index (χ4v) is 2.70. The van der Waals surface area contributed by atoms with Crippen LogP contribution in [0.1, 0.15) is 11.5 Å². The lowest BCUT2D eigenvalue weighted by atomic mass is 10.1. The van der Waals surface area contributed by atoms with Gasteiger partial charge in [-0.25, -0.2) is 4.39 Å². The molecule has 0 fully saturated rings. The molecule has 0 aromatic carbocycles. The minimum atomic E-state index is -0.564. The third-order valence-corrected chi connectivity index (χ3v) is 3.93. The first-order valence-electron chi connectivity index (χ1n) is 7.34. The molecule has 0 spiro atoms. The highest BCUT2D eigenvalue weighted by molar-refractivity contribution is 6.28. The normalized spacial score (nSPS) is 12.7. The Hall–Kier alpha value is -2.16. The van der Waals surface area contributed by atoms with Crippen LogP contribution in [0.25, 0.3) is 11.0 Å². The van der Waals surface area contributed by atoms with E-state index in [9.17, 15) is 4.39 Å².